The Morgan fingerprint density at radius 3 is 2.44 bits per heavy atom. The number of carbonyl (C=O) groups excluding carboxylic acids is 1. The summed E-state index contributed by atoms with van der Waals surface area (Å²) in [6.07, 6.45) is 0. The van der Waals surface area contributed by atoms with Gasteiger partial charge in [-0.25, -0.2) is 8.78 Å². The van der Waals surface area contributed by atoms with Crippen molar-refractivity contribution in [3.63, 3.8) is 0 Å². The van der Waals surface area contributed by atoms with E-state index in [2.05, 4.69) is 26.4 Å². The van der Waals surface area contributed by atoms with Gasteiger partial charge in [0.1, 0.15) is 17.2 Å². The number of hydrogen-bond acceptors (Lipinski definition) is 3. The first-order valence-corrected chi connectivity index (χ1v) is 5.59. The van der Waals surface area contributed by atoms with Crippen LogP contribution in [0.1, 0.15) is 17.3 Å². The van der Waals surface area contributed by atoms with Crippen molar-refractivity contribution in [2.24, 2.45) is 10.9 Å². The van der Waals surface area contributed by atoms with Crippen molar-refractivity contribution in [2.45, 2.75) is 13.0 Å². The highest BCUT2D eigenvalue weighted by Crippen LogP contribution is 2.19. The Labute approximate surface area is 110 Å². The lowest BCUT2D eigenvalue weighted by Gasteiger charge is -2.13. The first kappa shape index (κ1) is 14.4. The van der Waals surface area contributed by atoms with E-state index >= 15 is 0 Å². The smallest absolute Gasteiger partial charge is 0.257 e. The van der Waals surface area contributed by atoms with E-state index in [4.69, 9.17) is 10.9 Å². The molecule has 1 aromatic carbocycles. The number of rotatable bonds is 3. The molecule has 8 heteroatoms. The number of benzene rings is 1. The molecule has 0 aliphatic carbocycles. The summed E-state index contributed by atoms with van der Waals surface area (Å²) in [5, 5.41) is 13.3. The minimum atomic E-state index is -1.01. The minimum absolute atomic E-state index is 0.179. The van der Waals surface area contributed by atoms with Crippen LogP contribution in [0.3, 0.4) is 0 Å². The van der Waals surface area contributed by atoms with E-state index in [1.54, 1.807) is 0 Å². The monoisotopic (exact) mass is 321 g/mol. The fourth-order valence-corrected chi connectivity index (χ4v) is 1.59. The molecule has 0 saturated heterocycles. The van der Waals surface area contributed by atoms with Crippen LogP contribution in [-0.2, 0) is 0 Å². The van der Waals surface area contributed by atoms with E-state index in [0.29, 0.717) is 0 Å². The Morgan fingerprint density at radius 1 is 1.50 bits per heavy atom. The van der Waals surface area contributed by atoms with Gasteiger partial charge in [0.05, 0.1) is 6.04 Å². The van der Waals surface area contributed by atoms with Crippen LogP contribution in [-0.4, -0.2) is 23.0 Å². The van der Waals surface area contributed by atoms with Crippen molar-refractivity contribution < 1.29 is 18.8 Å². The zero-order chi connectivity index (χ0) is 13.9. The number of halogens is 3. The van der Waals surface area contributed by atoms with Gasteiger partial charge in [0.15, 0.2) is 5.84 Å². The number of amides is 1. The van der Waals surface area contributed by atoms with Crippen LogP contribution in [0.25, 0.3) is 0 Å². The maximum Gasteiger partial charge on any atom is 0.257 e. The van der Waals surface area contributed by atoms with Crippen molar-refractivity contribution in [2.75, 3.05) is 0 Å². The zero-order valence-corrected chi connectivity index (χ0v) is 10.8. The molecular weight excluding hydrogens is 312 g/mol. The lowest BCUT2D eigenvalue weighted by atomic mass is 10.1. The molecule has 18 heavy (non-hydrogen) atoms. The van der Waals surface area contributed by atoms with Gasteiger partial charge in [0.25, 0.3) is 5.91 Å². The van der Waals surface area contributed by atoms with Gasteiger partial charge in [0, 0.05) is 4.47 Å². The van der Waals surface area contributed by atoms with E-state index in [9.17, 15) is 13.6 Å². The highest BCUT2D eigenvalue weighted by molar-refractivity contribution is 9.10. The topological polar surface area (TPSA) is 87.7 Å². The molecule has 4 N–H and O–H groups in total. The average Bonchev–Trinajstić information content (AvgIpc) is 2.26. The van der Waals surface area contributed by atoms with Crippen LogP contribution in [0.15, 0.2) is 21.8 Å². The number of nitrogens with one attached hydrogen (secondary N) is 1. The lowest BCUT2D eigenvalue weighted by molar-refractivity contribution is 0.0940. The van der Waals surface area contributed by atoms with Crippen molar-refractivity contribution in [3.05, 3.63) is 33.8 Å². The van der Waals surface area contributed by atoms with Gasteiger partial charge in [-0.15, -0.1) is 0 Å². The molecule has 0 bridgehead atoms. The Morgan fingerprint density at radius 2 is 2.00 bits per heavy atom. The summed E-state index contributed by atoms with van der Waals surface area (Å²) in [5.41, 5.74) is 4.51. The molecule has 1 atom stereocenters. The summed E-state index contributed by atoms with van der Waals surface area (Å²) >= 11 is 2.90. The Hall–Kier alpha value is -1.70. The molecule has 1 amide bonds. The number of carbonyl (C=O) groups is 1. The van der Waals surface area contributed by atoms with E-state index in [1.165, 1.54) is 6.92 Å². The van der Waals surface area contributed by atoms with Gasteiger partial charge in [-0.1, -0.05) is 21.1 Å². The van der Waals surface area contributed by atoms with Crippen molar-refractivity contribution in [3.8, 4) is 0 Å². The molecule has 0 heterocycles. The molecular formula is C10H10BrF2N3O2. The summed E-state index contributed by atoms with van der Waals surface area (Å²) in [4.78, 5) is 11.6. The Kier molecular flexibility index (Phi) is 4.60. The second-order valence-electron chi connectivity index (χ2n) is 3.46. The van der Waals surface area contributed by atoms with Gasteiger partial charge in [0.2, 0.25) is 0 Å². The average molecular weight is 322 g/mol. The van der Waals surface area contributed by atoms with Gasteiger partial charge in [-0.2, -0.15) is 0 Å². The number of nitrogens with two attached hydrogens (primary N) is 1. The molecule has 98 valence electrons. The molecule has 0 aliphatic rings. The van der Waals surface area contributed by atoms with Crippen LogP contribution >= 0.6 is 15.9 Å². The molecule has 0 saturated carbocycles. The van der Waals surface area contributed by atoms with Crippen LogP contribution in [0.2, 0.25) is 0 Å². The molecule has 0 aliphatic heterocycles. The fourth-order valence-electron chi connectivity index (χ4n) is 1.19. The predicted molar refractivity (Wildman–Crippen MR) is 64.4 cm³/mol. The molecule has 0 spiro atoms. The van der Waals surface area contributed by atoms with E-state index in [-0.39, 0.29) is 10.3 Å². The van der Waals surface area contributed by atoms with Gasteiger partial charge >= 0.3 is 0 Å². The van der Waals surface area contributed by atoms with E-state index in [0.717, 1.165) is 12.1 Å². The SMILES string of the molecule is CC(NC(=O)c1c(F)cc(Br)cc1F)C(N)=NO. The minimum Gasteiger partial charge on any atom is -0.409 e. The highest BCUT2D eigenvalue weighted by Gasteiger charge is 2.21. The predicted octanol–water partition coefficient (Wildman–Crippen LogP) is 1.59. The standard InChI is InChI=1S/C10H10BrF2N3O2/c1-4(9(14)16-18)15-10(17)8-6(12)2-5(11)3-7(8)13/h2-4,18H,1H3,(H2,14,16)(H,15,17). The normalized spacial score (nSPS) is 13.2. The quantitative estimate of drug-likeness (QED) is 0.342. The highest BCUT2D eigenvalue weighted by atomic mass is 79.9. The maximum atomic E-state index is 13.5. The molecule has 1 rings (SSSR count). The molecule has 0 radical (unpaired) electrons. The van der Waals surface area contributed by atoms with Crippen LogP contribution in [0.4, 0.5) is 8.78 Å². The third kappa shape index (κ3) is 3.16. The molecule has 1 aromatic rings. The lowest BCUT2D eigenvalue weighted by Crippen LogP contribution is -2.42. The summed E-state index contributed by atoms with van der Waals surface area (Å²) in [7, 11) is 0. The third-order valence-corrected chi connectivity index (χ3v) is 2.60. The van der Waals surface area contributed by atoms with Crippen molar-refractivity contribution in [1.29, 1.82) is 0 Å². The van der Waals surface area contributed by atoms with Gasteiger partial charge in [-0.3, -0.25) is 4.79 Å². The number of oxime groups is 1. The van der Waals surface area contributed by atoms with E-state index < -0.39 is 29.1 Å². The molecule has 0 aromatic heterocycles. The fraction of sp³-hybridized carbons (Fsp3) is 0.200. The first-order chi connectivity index (χ1) is 8.36. The van der Waals surface area contributed by atoms with Crippen LogP contribution < -0.4 is 11.1 Å². The molecule has 0 fully saturated rings. The second kappa shape index (κ2) is 5.76. The van der Waals surface area contributed by atoms with E-state index in [1.807, 2.05) is 0 Å². The van der Waals surface area contributed by atoms with Gasteiger partial charge in [-0.05, 0) is 19.1 Å². The first-order valence-electron chi connectivity index (χ1n) is 4.79. The molecule has 1 unspecified atom stereocenters. The third-order valence-electron chi connectivity index (χ3n) is 2.14. The van der Waals surface area contributed by atoms with Crippen molar-refractivity contribution in [1.82, 2.24) is 5.32 Å². The number of amidine groups is 1. The zero-order valence-electron chi connectivity index (χ0n) is 9.25. The maximum absolute atomic E-state index is 13.5. The summed E-state index contributed by atoms with van der Waals surface area (Å²) in [5.74, 6) is -3.28. The van der Waals surface area contributed by atoms with Crippen LogP contribution in [0.5, 0.6) is 0 Å². The second-order valence-corrected chi connectivity index (χ2v) is 4.38. The molecule has 5 nitrogen and oxygen atoms in total. The van der Waals surface area contributed by atoms with Crippen LogP contribution in [0, 0.1) is 11.6 Å². The number of nitrogens with zero attached hydrogens (tertiary/aromatic N) is 1. The largest absolute Gasteiger partial charge is 0.409 e. The number of hydrogen-bond donors (Lipinski definition) is 3. The Bertz CT molecular complexity index is 485. The Balaban J connectivity index is 2.99. The summed E-state index contributed by atoms with van der Waals surface area (Å²) in [6.45, 7) is 1.40. The van der Waals surface area contributed by atoms with Crippen molar-refractivity contribution >= 4 is 27.7 Å². The summed E-state index contributed by atoms with van der Waals surface area (Å²) < 4.78 is 27.1. The van der Waals surface area contributed by atoms with Gasteiger partial charge < -0.3 is 16.3 Å². The summed E-state index contributed by atoms with van der Waals surface area (Å²) in [6, 6.07) is 1.07.